The van der Waals surface area contributed by atoms with Crippen molar-refractivity contribution >= 4 is 18.2 Å². The van der Waals surface area contributed by atoms with Crippen LogP contribution in [0.5, 0.6) is 0 Å². The molecule has 0 radical (unpaired) electrons. The van der Waals surface area contributed by atoms with E-state index >= 15 is 0 Å². The van der Waals surface area contributed by atoms with Crippen LogP contribution >= 0.6 is 0 Å². The number of ether oxygens (including phenoxy) is 3. The minimum atomic E-state index is -0.880. The Hall–Kier alpha value is -2.11. The molecule has 0 N–H and O–H groups in total. The predicted molar refractivity (Wildman–Crippen MR) is 62.5 cm³/mol. The summed E-state index contributed by atoms with van der Waals surface area (Å²) in [5.74, 6) is -1.72. The first-order valence-corrected chi connectivity index (χ1v) is 5.84. The highest BCUT2D eigenvalue weighted by atomic mass is 16.7. The fourth-order valence-corrected chi connectivity index (χ4v) is 2.47. The topological polar surface area (TPSA) is 78.9 Å². The predicted octanol–water partition coefficient (Wildman–Crippen LogP) is 0.724. The lowest BCUT2D eigenvalue weighted by Gasteiger charge is -2.33. The molecule has 3 atom stereocenters. The SMILES string of the molecule is COC(=O)C1=COC(OC(C)=O)C2C(C=O)=CCC12. The molecule has 2 rings (SSSR count). The van der Waals surface area contributed by atoms with E-state index in [1.54, 1.807) is 6.08 Å². The minimum Gasteiger partial charge on any atom is -0.466 e. The third-order valence-corrected chi connectivity index (χ3v) is 3.29. The van der Waals surface area contributed by atoms with E-state index in [0.29, 0.717) is 23.9 Å². The van der Waals surface area contributed by atoms with Gasteiger partial charge in [0.1, 0.15) is 6.29 Å². The fourth-order valence-electron chi connectivity index (χ4n) is 2.47. The van der Waals surface area contributed by atoms with Gasteiger partial charge in [0, 0.05) is 12.8 Å². The van der Waals surface area contributed by atoms with Crippen LogP contribution in [0.2, 0.25) is 0 Å². The van der Waals surface area contributed by atoms with Gasteiger partial charge < -0.3 is 14.2 Å². The molecule has 1 heterocycles. The van der Waals surface area contributed by atoms with Crippen LogP contribution in [0.15, 0.2) is 23.5 Å². The minimum absolute atomic E-state index is 0.259. The van der Waals surface area contributed by atoms with Crippen molar-refractivity contribution in [3.63, 3.8) is 0 Å². The summed E-state index contributed by atoms with van der Waals surface area (Å²) in [5, 5.41) is 0. The fraction of sp³-hybridized carbons (Fsp3) is 0.462. The van der Waals surface area contributed by atoms with E-state index in [0.717, 1.165) is 0 Å². The number of carbonyl (C=O) groups is 3. The van der Waals surface area contributed by atoms with Crippen molar-refractivity contribution in [2.24, 2.45) is 11.8 Å². The third kappa shape index (κ3) is 2.38. The molecule has 1 aliphatic heterocycles. The molecule has 1 aliphatic carbocycles. The molecule has 0 spiro atoms. The Kier molecular flexibility index (Phi) is 3.69. The number of esters is 2. The van der Waals surface area contributed by atoms with E-state index in [1.165, 1.54) is 20.3 Å². The zero-order valence-corrected chi connectivity index (χ0v) is 10.6. The van der Waals surface area contributed by atoms with Crippen LogP contribution in [0.4, 0.5) is 0 Å². The highest BCUT2D eigenvalue weighted by Gasteiger charge is 2.45. The van der Waals surface area contributed by atoms with Crippen molar-refractivity contribution < 1.29 is 28.6 Å². The Morgan fingerprint density at radius 3 is 2.79 bits per heavy atom. The first kappa shape index (κ1) is 13.3. The monoisotopic (exact) mass is 266 g/mol. The lowest BCUT2D eigenvalue weighted by atomic mass is 9.83. The van der Waals surface area contributed by atoms with Crippen molar-refractivity contribution in [1.29, 1.82) is 0 Å². The van der Waals surface area contributed by atoms with Crippen molar-refractivity contribution in [2.75, 3.05) is 7.11 Å². The Morgan fingerprint density at radius 2 is 2.21 bits per heavy atom. The van der Waals surface area contributed by atoms with Gasteiger partial charge in [-0.05, 0) is 12.0 Å². The lowest BCUT2D eigenvalue weighted by molar-refractivity contribution is -0.179. The first-order chi connectivity index (χ1) is 9.08. The van der Waals surface area contributed by atoms with E-state index in [9.17, 15) is 14.4 Å². The molecule has 2 aliphatic rings. The van der Waals surface area contributed by atoms with Gasteiger partial charge in [0.15, 0.2) is 0 Å². The standard InChI is InChI=1S/C13H14O6/c1-7(15)19-13-11-8(5-14)3-4-9(11)10(6-18-13)12(16)17-2/h3,5-6,9,11,13H,4H2,1-2H3. The summed E-state index contributed by atoms with van der Waals surface area (Å²) >= 11 is 0. The number of hydrogen-bond donors (Lipinski definition) is 0. The molecule has 6 nitrogen and oxygen atoms in total. The second kappa shape index (κ2) is 5.26. The van der Waals surface area contributed by atoms with Crippen LogP contribution < -0.4 is 0 Å². The summed E-state index contributed by atoms with van der Waals surface area (Å²) in [6, 6.07) is 0. The van der Waals surface area contributed by atoms with Crippen LogP contribution in [0, 0.1) is 11.8 Å². The van der Waals surface area contributed by atoms with Gasteiger partial charge in [-0.1, -0.05) is 6.08 Å². The summed E-state index contributed by atoms with van der Waals surface area (Å²) in [4.78, 5) is 33.7. The van der Waals surface area contributed by atoms with Gasteiger partial charge in [0.2, 0.25) is 0 Å². The molecule has 3 unspecified atom stereocenters. The summed E-state index contributed by atoms with van der Waals surface area (Å²) in [6.07, 6.45) is 3.31. The van der Waals surface area contributed by atoms with Gasteiger partial charge in [-0.25, -0.2) is 4.79 Å². The summed E-state index contributed by atoms with van der Waals surface area (Å²) < 4.78 is 15.0. The zero-order chi connectivity index (χ0) is 14.0. The largest absolute Gasteiger partial charge is 0.466 e. The Labute approximate surface area is 110 Å². The van der Waals surface area contributed by atoms with Crippen LogP contribution in [-0.4, -0.2) is 31.6 Å². The zero-order valence-electron chi connectivity index (χ0n) is 10.6. The quantitative estimate of drug-likeness (QED) is 0.553. The number of allylic oxidation sites excluding steroid dienone is 1. The molecule has 0 fully saturated rings. The number of aldehydes is 1. The Morgan fingerprint density at radius 1 is 1.47 bits per heavy atom. The van der Waals surface area contributed by atoms with Gasteiger partial charge >= 0.3 is 11.9 Å². The van der Waals surface area contributed by atoms with Crippen molar-refractivity contribution in [2.45, 2.75) is 19.6 Å². The smallest absolute Gasteiger partial charge is 0.337 e. The summed E-state index contributed by atoms with van der Waals surface area (Å²) in [6.45, 7) is 1.26. The second-order valence-corrected chi connectivity index (χ2v) is 4.37. The normalized spacial score (nSPS) is 28.4. The molecular weight excluding hydrogens is 252 g/mol. The van der Waals surface area contributed by atoms with Crippen LogP contribution in [0.25, 0.3) is 0 Å². The number of fused-ring (bicyclic) bond motifs is 1. The molecule has 6 heteroatoms. The Bertz CT molecular complexity index is 476. The summed E-state index contributed by atoms with van der Waals surface area (Å²) in [5.41, 5.74) is 0.828. The van der Waals surface area contributed by atoms with E-state index in [4.69, 9.17) is 9.47 Å². The van der Waals surface area contributed by atoms with Crippen LogP contribution in [-0.2, 0) is 28.6 Å². The molecular formula is C13H14O6. The first-order valence-electron chi connectivity index (χ1n) is 5.84. The van der Waals surface area contributed by atoms with Crippen molar-refractivity contribution in [1.82, 2.24) is 0 Å². The molecule has 0 aromatic rings. The molecule has 0 saturated carbocycles. The Balaban J connectivity index is 2.30. The number of methoxy groups -OCH3 is 1. The molecule has 0 saturated heterocycles. The third-order valence-electron chi connectivity index (χ3n) is 3.29. The number of rotatable bonds is 3. The average Bonchev–Trinajstić information content (AvgIpc) is 2.82. The maximum atomic E-state index is 11.6. The van der Waals surface area contributed by atoms with Gasteiger partial charge in [0.25, 0.3) is 6.29 Å². The molecule has 0 aromatic carbocycles. The molecule has 0 bridgehead atoms. The highest BCUT2D eigenvalue weighted by molar-refractivity contribution is 5.90. The van der Waals surface area contributed by atoms with Crippen molar-refractivity contribution in [3.05, 3.63) is 23.5 Å². The lowest BCUT2D eigenvalue weighted by Crippen LogP contribution is -2.38. The van der Waals surface area contributed by atoms with Gasteiger partial charge in [-0.15, -0.1) is 0 Å². The van der Waals surface area contributed by atoms with E-state index in [1.807, 2.05) is 0 Å². The molecule has 0 aromatic heterocycles. The number of carbonyl (C=O) groups excluding carboxylic acids is 3. The number of hydrogen-bond acceptors (Lipinski definition) is 6. The van der Waals surface area contributed by atoms with E-state index in [-0.39, 0.29) is 5.92 Å². The maximum absolute atomic E-state index is 11.6. The second-order valence-electron chi connectivity index (χ2n) is 4.37. The van der Waals surface area contributed by atoms with E-state index in [2.05, 4.69) is 4.74 Å². The van der Waals surface area contributed by atoms with Gasteiger partial charge in [-0.2, -0.15) is 0 Å². The highest BCUT2D eigenvalue weighted by Crippen LogP contribution is 2.42. The van der Waals surface area contributed by atoms with Gasteiger partial charge in [0.05, 0.1) is 24.9 Å². The molecule has 102 valence electrons. The van der Waals surface area contributed by atoms with Crippen molar-refractivity contribution in [3.8, 4) is 0 Å². The molecule has 19 heavy (non-hydrogen) atoms. The van der Waals surface area contributed by atoms with E-state index < -0.39 is 24.1 Å². The van der Waals surface area contributed by atoms with Gasteiger partial charge in [-0.3, -0.25) is 9.59 Å². The maximum Gasteiger partial charge on any atom is 0.337 e. The molecule has 0 amide bonds. The summed E-state index contributed by atoms with van der Waals surface area (Å²) in [7, 11) is 1.28. The van der Waals surface area contributed by atoms with Crippen LogP contribution in [0.3, 0.4) is 0 Å². The average molecular weight is 266 g/mol. The van der Waals surface area contributed by atoms with Crippen LogP contribution in [0.1, 0.15) is 13.3 Å².